The molecule has 6 nitrogen and oxygen atoms in total. The number of rotatable bonds is 3. The Morgan fingerprint density at radius 1 is 1.12 bits per heavy atom. The van der Waals surface area contributed by atoms with E-state index in [2.05, 4.69) is 11.0 Å². The number of amides is 1. The fourth-order valence-corrected chi connectivity index (χ4v) is 4.85. The van der Waals surface area contributed by atoms with E-state index < -0.39 is 5.82 Å². The predicted molar refractivity (Wildman–Crippen MR) is 118 cm³/mol. The summed E-state index contributed by atoms with van der Waals surface area (Å²) >= 11 is 0. The highest BCUT2D eigenvalue weighted by Crippen LogP contribution is 2.34. The number of esters is 1. The van der Waals surface area contributed by atoms with Gasteiger partial charge in [-0.05, 0) is 67.6 Å². The number of halogens is 1. The van der Waals surface area contributed by atoms with E-state index in [0.29, 0.717) is 50.0 Å². The molecule has 0 bridgehead atoms. The maximum Gasteiger partial charge on any atom is 0.337 e. The van der Waals surface area contributed by atoms with Gasteiger partial charge in [0.05, 0.1) is 30.0 Å². The van der Waals surface area contributed by atoms with Crippen LogP contribution < -0.4 is 4.90 Å². The molecule has 4 rings (SSSR count). The van der Waals surface area contributed by atoms with E-state index >= 15 is 0 Å². The van der Waals surface area contributed by atoms with Crippen molar-refractivity contribution < 1.29 is 18.7 Å². The van der Waals surface area contributed by atoms with E-state index in [-0.39, 0.29) is 23.8 Å². The number of anilines is 1. The van der Waals surface area contributed by atoms with Gasteiger partial charge in [0.15, 0.2) is 0 Å². The molecule has 2 aliphatic rings. The standard InChI is InChI=1S/C25H26FN3O3/c1-16-22-5-3-19(25(31)32-2)13-18(22)9-12-29(16)24(30)17-7-10-28(11-8-17)23-6-4-21(26)14-20(23)15-27/h3-6,13-14,16-17H,7-12H2,1-2H3. The van der Waals surface area contributed by atoms with Gasteiger partial charge >= 0.3 is 5.97 Å². The Labute approximate surface area is 187 Å². The van der Waals surface area contributed by atoms with Gasteiger partial charge in [0.25, 0.3) is 0 Å². The zero-order valence-corrected chi connectivity index (χ0v) is 18.3. The van der Waals surface area contributed by atoms with Crippen molar-refractivity contribution in [3.63, 3.8) is 0 Å². The second kappa shape index (κ2) is 8.99. The molecule has 0 N–H and O–H groups in total. The smallest absolute Gasteiger partial charge is 0.337 e. The molecular formula is C25H26FN3O3. The van der Waals surface area contributed by atoms with Crippen molar-refractivity contribution in [3.8, 4) is 6.07 Å². The molecule has 0 radical (unpaired) electrons. The van der Waals surface area contributed by atoms with Crippen molar-refractivity contribution in [1.82, 2.24) is 4.90 Å². The lowest BCUT2D eigenvalue weighted by atomic mass is 9.88. The number of hydrogen-bond acceptors (Lipinski definition) is 5. The third-order valence-corrected chi connectivity index (χ3v) is 6.65. The fourth-order valence-electron chi connectivity index (χ4n) is 4.85. The number of benzene rings is 2. The van der Waals surface area contributed by atoms with Gasteiger partial charge in [0.1, 0.15) is 11.9 Å². The van der Waals surface area contributed by atoms with Crippen molar-refractivity contribution in [1.29, 1.82) is 5.26 Å². The molecule has 32 heavy (non-hydrogen) atoms. The van der Waals surface area contributed by atoms with Gasteiger partial charge in [-0.3, -0.25) is 4.79 Å². The van der Waals surface area contributed by atoms with Crippen LogP contribution in [0.2, 0.25) is 0 Å². The molecule has 1 saturated heterocycles. The maximum atomic E-state index is 13.5. The summed E-state index contributed by atoms with van der Waals surface area (Å²) in [5.74, 6) is -0.699. The van der Waals surface area contributed by atoms with Crippen molar-refractivity contribution in [2.45, 2.75) is 32.2 Å². The lowest BCUT2D eigenvalue weighted by molar-refractivity contribution is -0.138. The van der Waals surface area contributed by atoms with Crippen LogP contribution in [0.15, 0.2) is 36.4 Å². The predicted octanol–water partition coefficient (Wildman–Crippen LogP) is 3.85. The topological polar surface area (TPSA) is 73.6 Å². The Kier molecular flexibility index (Phi) is 6.13. The Bertz CT molecular complexity index is 1090. The minimum Gasteiger partial charge on any atom is -0.465 e. The summed E-state index contributed by atoms with van der Waals surface area (Å²) in [6.45, 7) is 3.95. The number of methoxy groups -OCH3 is 1. The zero-order valence-electron chi connectivity index (χ0n) is 18.3. The highest BCUT2D eigenvalue weighted by molar-refractivity contribution is 5.89. The van der Waals surface area contributed by atoms with Crippen LogP contribution in [0.3, 0.4) is 0 Å². The van der Waals surface area contributed by atoms with Crippen LogP contribution in [-0.2, 0) is 16.0 Å². The average molecular weight is 435 g/mol. The normalized spacial score (nSPS) is 18.6. The van der Waals surface area contributed by atoms with Gasteiger partial charge in [-0.25, -0.2) is 9.18 Å². The molecule has 1 unspecified atom stereocenters. The molecule has 1 fully saturated rings. The van der Waals surface area contributed by atoms with Crippen LogP contribution in [0.5, 0.6) is 0 Å². The molecule has 2 aromatic rings. The van der Waals surface area contributed by atoms with E-state index in [1.54, 1.807) is 12.1 Å². The number of fused-ring (bicyclic) bond motifs is 1. The summed E-state index contributed by atoms with van der Waals surface area (Å²) in [6.07, 6.45) is 2.09. The first kappa shape index (κ1) is 21.8. The lowest BCUT2D eigenvalue weighted by Gasteiger charge is -2.40. The number of ether oxygens (including phenoxy) is 1. The summed E-state index contributed by atoms with van der Waals surface area (Å²) in [5, 5.41) is 9.33. The number of hydrogen-bond donors (Lipinski definition) is 0. The molecule has 1 atom stereocenters. The van der Waals surface area contributed by atoms with Crippen molar-refractivity contribution in [2.75, 3.05) is 31.6 Å². The molecule has 7 heteroatoms. The average Bonchev–Trinajstić information content (AvgIpc) is 2.83. The highest BCUT2D eigenvalue weighted by Gasteiger charge is 2.34. The molecule has 2 heterocycles. The van der Waals surface area contributed by atoms with Crippen LogP contribution in [-0.4, -0.2) is 43.5 Å². The third-order valence-electron chi connectivity index (χ3n) is 6.65. The summed E-state index contributed by atoms with van der Waals surface area (Å²) < 4.78 is 18.3. The van der Waals surface area contributed by atoms with Crippen LogP contribution in [0.25, 0.3) is 0 Å². The van der Waals surface area contributed by atoms with E-state index in [1.807, 2.05) is 24.0 Å². The van der Waals surface area contributed by atoms with E-state index in [4.69, 9.17) is 4.74 Å². The van der Waals surface area contributed by atoms with Crippen LogP contribution in [0.1, 0.15) is 52.9 Å². The second-order valence-corrected chi connectivity index (χ2v) is 8.40. The quantitative estimate of drug-likeness (QED) is 0.685. The van der Waals surface area contributed by atoms with Gasteiger partial charge in [0.2, 0.25) is 5.91 Å². The van der Waals surface area contributed by atoms with Crippen LogP contribution in [0.4, 0.5) is 10.1 Å². The van der Waals surface area contributed by atoms with E-state index in [0.717, 1.165) is 16.8 Å². The second-order valence-electron chi connectivity index (χ2n) is 8.40. The van der Waals surface area contributed by atoms with Gasteiger partial charge in [0, 0.05) is 25.6 Å². The monoisotopic (exact) mass is 435 g/mol. The molecule has 0 spiro atoms. The third kappa shape index (κ3) is 4.05. The van der Waals surface area contributed by atoms with Gasteiger partial charge in [-0.2, -0.15) is 5.26 Å². The van der Waals surface area contributed by atoms with E-state index in [1.165, 1.54) is 19.2 Å². The number of carbonyl (C=O) groups is 2. The summed E-state index contributed by atoms with van der Waals surface area (Å²) in [7, 11) is 1.37. The molecule has 1 amide bonds. The maximum absolute atomic E-state index is 13.5. The molecule has 2 aliphatic heterocycles. The fraction of sp³-hybridized carbons (Fsp3) is 0.400. The first-order valence-corrected chi connectivity index (χ1v) is 10.9. The molecular weight excluding hydrogens is 409 g/mol. The Balaban J connectivity index is 1.43. The van der Waals surface area contributed by atoms with Crippen LogP contribution >= 0.6 is 0 Å². The number of piperidine rings is 1. The van der Waals surface area contributed by atoms with Crippen molar-refractivity contribution in [2.24, 2.45) is 5.92 Å². The number of carbonyl (C=O) groups excluding carboxylic acids is 2. The lowest BCUT2D eigenvalue weighted by Crippen LogP contribution is -2.46. The molecule has 0 aliphatic carbocycles. The number of nitrogens with zero attached hydrogens (tertiary/aromatic N) is 3. The Hall–Kier alpha value is -3.40. The van der Waals surface area contributed by atoms with E-state index in [9.17, 15) is 19.2 Å². The summed E-state index contributed by atoms with van der Waals surface area (Å²) in [6, 6.07) is 11.8. The number of nitriles is 1. The van der Waals surface area contributed by atoms with Gasteiger partial charge < -0.3 is 14.5 Å². The SMILES string of the molecule is COC(=O)c1ccc2c(c1)CCN(C(=O)C1CCN(c3ccc(F)cc3C#N)CC1)C2C. The van der Waals surface area contributed by atoms with Crippen molar-refractivity contribution in [3.05, 3.63) is 64.5 Å². The highest BCUT2D eigenvalue weighted by atomic mass is 19.1. The molecule has 0 aromatic heterocycles. The van der Waals surface area contributed by atoms with Gasteiger partial charge in [-0.1, -0.05) is 6.07 Å². The Morgan fingerprint density at radius 3 is 2.56 bits per heavy atom. The summed E-state index contributed by atoms with van der Waals surface area (Å²) in [5.41, 5.74) is 3.73. The van der Waals surface area contributed by atoms with Crippen LogP contribution in [0, 0.1) is 23.1 Å². The van der Waals surface area contributed by atoms with Gasteiger partial charge in [-0.15, -0.1) is 0 Å². The minimum atomic E-state index is -0.423. The Morgan fingerprint density at radius 2 is 1.88 bits per heavy atom. The molecule has 166 valence electrons. The van der Waals surface area contributed by atoms with Crippen molar-refractivity contribution >= 4 is 17.6 Å². The summed E-state index contributed by atoms with van der Waals surface area (Å²) in [4.78, 5) is 29.2. The first-order valence-electron chi connectivity index (χ1n) is 10.9. The molecule has 0 saturated carbocycles. The minimum absolute atomic E-state index is 0.0572. The first-order chi connectivity index (χ1) is 15.4. The zero-order chi connectivity index (χ0) is 22.8. The largest absolute Gasteiger partial charge is 0.465 e. The molecule has 2 aromatic carbocycles.